The van der Waals surface area contributed by atoms with Crippen molar-refractivity contribution in [3.05, 3.63) is 59.4 Å². The van der Waals surface area contributed by atoms with Gasteiger partial charge in [0.15, 0.2) is 0 Å². The molecule has 1 aliphatic rings. The van der Waals surface area contributed by atoms with Crippen LogP contribution in [0.2, 0.25) is 0 Å². The van der Waals surface area contributed by atoms with E-state index < -0.39 is 0 Å². The summed E-state index contributed by atoms with van der Waals surface area (Å²) in [6.07, 6.45) is 0. The number of thioether (sulfide) groups is 1. The van der Waals surface area contributed by atoms with E-state index in [4.69, 9.17) is 0 Å². The predicted octanol–water partition coefficient (Wildman–Crippen LogP) is 3.87. The average molecular weight is 344 g/mol. The Balaban J connectivity index is 1.99. The Morgan fingerprint density at radius 3 is 2.79 bits per heavy atom. The molecule has 1 aliphatic heterocycles. The Morgan fingerprint density at radius 2 is 2.04 bits per heavy atom. The van der Waals surface area contributed by atoms with Gasteiger partial charge in [-0.25, -0.2) is 4.39 Å². The van der Waals surface area contributed by atoms with Gasteiger partial charge in [-0.2, -0.15) is 0 Å². The molecule has 0 spiro atoms. The highest BCUT2D eigenvalue weighted by Crippen LogP contribution is 2.43. The van der Waals surface area contributed by atoms with Gasteiger partial charge in [0.2, 0.25) is 11.8 Å². The molecule has 0 bridgehead atoms. The fourth-order valence-corrected chi connectivity index (χ4v) is 3.92. The van der Waals surface area contributed by atoms with Crippen molar-refractivity contribution < 1.29 is 14.0 Å². The highest BCUT2D eigenvalue weighted by molar-refractivity contribution is 8.00. The minimum atomic E-state index is -0.331. The highest BCUT2D eigenvalue weighted by atomic mass is 32.2. The van der Waals surface area contributed by atoms with Gasteiger partial charge in [-0.05, 0) is 36.8 Å². The lowest BCUT2D eigenvalue weighted by Gasteiger charge is -2.26. The standard InChI is InChI=1S/C18H17FN2O2S/c1-11-15(19)7-4-8-16(11)21-17(23)10-24-18(21)13-5-3-6-14(9-13)20-12(2)22/h3-9,18H,10H2,1-2H3,(H,20,22). The summed E-state index contributed by atoms with van der Waals surface area (Å²) in [5.74, 6) is -0.197. The minimum Gasteiger partial charge on any atom is -0.326 e. The molecule has 1 heterocycles. The zero-order chi connectivity index (χ0) is 17.3. The number of hydrogen-bond donors (Lipinski definition) is 1. The first-order chi connectivity index (χ1) is 11.5. The van der Waals surface area contributed by atoms with E-state index in [-0.39, 0.29) is 23.0 Å². The van der Waals surface area contributed by atoms with Crippen LogP contribution >= 0.6 is 11.8 Å². The lowest BCUT2D eigenvalue weighted by atomic mass is 10.1. The molecule has 0 aromatic heterocycles. The van der Waals surface area contributed by atoms with E-state index in [1.54, 1.807) is 30.0 Å². The fraction of sp³-hybridized carbons (Fsp3) is 0.222. The number of benzene rings is 2. The number of carbonyl (C=O) groups excluding carboxylic acids is 2. The van der Waals surface area contributed by atoms with Crippen molar-refractivity contribution in [3.63, 3.8) is 0 Å². The summed E-state index contributed by atoms with van der Waals surface area (Å²) in [5.41, 5.74) is 2.60. The molecule has 1 unspecified atom stereocenters. The van der Waals surface area contributed by atoms with Gasteiger partial charge in [-0.15, -0.1) is 11.8 Å². The predicted molar refractivity (Wildman–Crippen MR) is 94.6 cm³/mol. The van der Waals surface area contributed by atoms with Crippen LogP contribution in [-0.4, -0.2) is 17.6 Å². The van der Waals surface area contributed by atoms with Crippen LogP contribution in [-0.2, 0) is 9.59 Å². The largest absolute Gasteiger partial charge is 0.326 e. The molecular formula is C18H17FN2O2S. The van der Waals surface area contributed by atoms with E-state index in [1.807, 2.05) is 18.2 Å². The van der Waals surface area contributed by atoms with Crippen LogP contribution < -0.4 is 10.2 Å². The molecule has 1 fully saturated rings. The van der Waals surface area contributed by atoms with Crippen molar-refractivity contribution in [2.24, 2.45) is 0 Å². The third-order valence-electron chi connectivity index (χ3n) is 3.86. The molecule has 2 amide bonds. The molecule has 0 aliphatic carbocycles. The summed E-state index contributed by atoms with van der Waals surface area (Å²) in [6, 6.07) is 12.1. The summed E-state index contributed by atoms with van der Waals surface area (Å²) in [5, 5.41) is 2.50. The zero-order valence-electron chi connectivity index (χ0n) is 13.4. The lowest BCUT2D eigenvalue weighted by molar-refractivity contribution is -0.116. The molecule has 1 atom stereocenters. The molecule has 0 radical (unpaired) electrons. The summed E-state index contributed by atoms with van der Waals surface area (Å²) < 4.78 is 13.9. The quantitative estimate of drug-likeness (QED) is 0.919. The van der Waals surface area contributed by atoms with E-state index in [0.29, 0.717) is 22.7 Å². The van der Waals surface area contributed by atoms with Gasteiger partial charge in [0, 0.05) is 18.2 Å². The number of nitrogens with one attached hydrogen (secondary N) is 1. The van der Waals surface area contributed by atoms with E-state index >= 15 is 0 Å². The van der Waals surface area contributed by atoms with Crippen LogP contribution in [0.15, 0.2) is 42.5 Å². The summed E-state index contributed by atoms with van der Waals surface area (Å²) in [7, 11) is 0. The Hall–Kier alpha value is -2.34. The Labute approximate surface area is 144 Å². The third-order valence-corrected chi connectivity index (χ3v) is 5.07. The van der Waals surface area contributed by atoms with Gasteiger partial charge < -0.3 is 5.32 Å². The molecular weight excluding hydrogens is 327 g/mol. The summed E-state index contributed by atoms with van der Waals surface area (Å²) in [4.78, 5) is 25.3. The van der Waals surface area contributed by atoms with Gasteiger partial charge >= 0.3 is 0 Å². The topological polar surface area (TPSA) is 49.4 Å². The Morgan fingerprint density at radius 1 is 1.29 bits per heavy atom. The van der Waals surface area contributed by atoms with Crippen LogP contribution in [0.4, 0.5) is 15.8 Å². The lowest BCUT2D eigenvalue weighted by Crippen LogP contribution is -2.28. The highest BCUT2D eigenvalue weighted by Gasteiger charge is 2.35. The van der Waals surface area contributed by atoms with E-state index in [2.05, 4.69) is 5.32 Å². The van der Waals surface area contributed by atoms with E-state index in [0.717, 1.165) is 5.56 Å². The first kappa shape index (κ1) is 16.5. The van der Waals surface area contributed by atoms with E-state index in [9.17, 15) is 14.0 Å². The fourth-order valence-electron chi connectivity index (χ4n) is 2.76. The second-order valence-electron chi connectivity index (χ2n) is 5.62. The molecule has 3 rings (SSSR count). The van der Waals surface area contributed by atoms with Crippen molar-refractivity contribution in [2.45, 2.75) is 19.2 Å². The van der Waals surface area contributed by atoms with Crippen LogP contribution in [0.25, 0.3) is 0 Å². The van der Waals surface area contributed by atoms with Gasteiger partial charge in [0.1, 0.15) is 11.2 Å². The smallest absolute Gasteiger partial charge is 0.238 e. The summed E-state index contributed by atoms with van der Waals surface area (Å²) in [6.45, 7) is 3.12. The molecule has 124 valence electrons. The SMILES string of the molecule is CC(=O)Nc1cccc(C2SCC(=O)N2c2cccc(F)c2C)c1. The first-order valence-electron chi connectivity index (χ1n) is 7.53. The monoisotopic (exact) mass is 344 g/mol. The molecule has 2 aromatic rings. The molecule has 4 nitrogen and oxygen atoms in total. The molecule has 6 heteroatoms. The average Bonchev–Trinajstić information content (AvgIpc) is 2.91. The molecule has 0 saturated carbocycles. The summed E-state index contributed by atoms with van der Waals surface area (Å²) >= 11 is 1.49. The molecule has 1 N–H and O–H groups in total. The molecule has 24 heavy (non-hydrogen) atoms. The van der Waals surface area contributed by atoms with Crippen LogP contribution in [0.1, 0.15) is 23.4 Å². The minimum absolute atomic E-state index is 0.0522. The van der Waals surface area contributed by atoms with Gasteiger partial charge in [0.25, 0.3) is 0 Å². The molecule has 2 aromatic carbocycles. The maximum atomic E-state index is 13.9. The van der Waals surface area contributed by atoms with Crippen molar-refractivity contribution in [3.8, 4) is 0 Å². The van der Waals surface area contributed by atoms with Crippen LogP contribution in [0.5, 0.6) is 0 Å². The third kappa shape index (κ3) is 3.14. The normalized spacial score (nSPS) is 17.2. The van der Waals surface area contributed by atoms with Crippen molar-refractivity contribution >= 4 is 35.0 Å². The van der Waals surface area contributed by atoms with Crippen molar-refractivity contribution in [1.82, 2.24) is 0 Å². The maximum Gasteiger partial charge on any atom is 0.238 e. The Kier molecular flexibility index (Phi) is 4.57. The number of amides is 2. The van der Waals surface area contributed by atoms with E-state index in [1.165, 1.54) is 24.8 Å². The number of rotatable bonds is 3. The van der Waals surface area contributed by atoms with Crippen LogP contribution in [0.3, 0.4) is 0 Å². The molecule has 1 saturated heterocycles. The Bertz CT molecular complexity index is 809. The van der Waals surface area contributed by atoms with Gasteiger partial charge in [0.05, 0.1) is 11.4 Å². The second-order valence-corrected chi connectivity index (χ2v) is 6.69. The van der Waals surface area contributed by atoms with Crippen molar-refractivity contribution in [1.29, 1.82) is 0 Å². The number of halogens is 1. The first-order valence-corrected chi connectivity index (χ1v) is 8.58. The van der Waals surface area contributed by atoms with Gasteiger partial charge in [-0.3, -0.25) is 14.5 Å². The number of anilines is 2. The number of nitrogens with zero attached hydrogens (tertiary/aromatic N) is 1. The zero-order valence-corrected chi connectivity index (χ0v) is 14.2. The number of hydrogen-bond acceptors (Lipinski definition) is 3. The maximum absolute atomic E-state index is 13.9. The van der Waals surface area contributed by atoms with Crippen molar-refractivity contribution in [2.75, 3.05) is 16.0 Å². The van der Waals surface area contributed by atoms with Crippen LogP contribution in [0, 0.1) is 12.7 Å². The second kappa shape index (κ2) is 6.65. The van der Waals surface area contributed by atoms with Gasteiger partial charge in [-0.1, -0.05) is 18.2 Å². The number of carbonyl (C=O) groups is 2.